The van der Waals surface area contributed by atoms with Crippen molar-refractivity contribution in [3.63, 3.8) is 0 Å². The number of halogens is 1. The van der Waals surface area contributed by atoms with E-state index in [0.29, 0.717) is 38.2 Å². The highest BCUT2D eigenvalue weighted by Gasteiger charge is 2.36. The number of nitrogens with zero attached hydrogens (tertiary/aromatic N) is 1. The van der Waals surface area contributed by atoms with E-state index in [1.807, 2.05) is 36.4 Å². The Labute approximate surface area is 172 Å². The first kappa shape index (κ1) is 20.3. The van der Waals surface area contributed by atoms with Crippen molar-refractivity contribution in [3.8, 4) is 0 Å². The predicted octanol–water partition coefficient (Wildman–Crippen LogP) is 4.38. The van der Waals surface area contributed by atoms with Gasteiger partial charge in [-0.1, -0.05) is 54.1 Å². The van der Waals surface area contributed by atoms with E-state index in [1.165, 1.54) is 15.9 Å². The quantitative estimate of drug-likeness (QED) is 0.681. The van der Waals surface area contributed by atoms with E-state index >= 15 is 0 Å². The monoisotopic (exact) mass is 415 g/mol. The second-order valence-electron chi connectivity index (χ2n) is 7.71. The van der Waals surface area contributed by atoms with E-state index < -0.39 is 15.3 Å². The minimum absolute atomic E-state index is 0.0777. The Balaban J connectivity index is 1.50. The predicted molar refractivity (Wildman–Crippen MR) is 111 cm³/mol. The zero-order chi connectivity index (χ0) is 20.3. The average Bonchev–Trinajstić information content (AvgIpc) is 2.72. The van der Waals surface area contributed by atoms with Gasteiger partial charge in [-0.05, 0) is 42.9 Å². The Hall–Kier alpha value is -2.02. The summed E-state index contributed by atoms with van der Waals surface area (Å²) in [7, 11) is -3.52. The number of hydrogen-bond acceptors (Lipinski definition) is 3. The molecule has 2 aromatic rings. The third-order valence-corrected chi connectivity index (χ3v) is 7.98. The van der Waals surface area contributed by atoms with Crippen LogP contribution in [0.1, 0.15) is 41.2 Å². The molecule has 0 amide bonds. The molecule has 0 aromatic heterocycles. The molecule has 2 aliphatic heterocycles. The van der Waals surface area contributed by atoms with Crippen LogP contribution in [0, 0.1) is 5.82 Å². The van der Waals surface area contributed by atoms with E-state index in [-0.39, 0.29) is 12.4 Å². The zero-order valence-corrected chi connectivity index (χ0v) is 17.2. The van der Waals surface area contributed by atoms with Crippen molar-refractivity contribution in [3.05, 3.63) is 82.7 Å². The van der Waals surface area contributed by atoms with Crippen molar-refractivity contribution in [1.29, 1.82) is 0 Å². The molecular formula is C23H26FNO3S. The van der Waals surface area contributed by atoms with Crippen molar-refractivity contribution in [2.75, 3.05) is 19.8 Å². The number of rotatable bonds is 5. The van der Waals surface area contributed by atoms with Gasteiger partial charge in [-0.25, -0.2) is 12.8 Å². The smallest absolute Gasteiger partial charge is 0.221 e. The van der Waals surface area contributed by atoms with Gasteiger partial charge in [-0.3, -0.25) is 0 Å². The zero-order valence-electron chi connectivity index (χ0n) is 16.4. The molecule has 0 radical (unpaired) electrons. The number of benzene rings is 2. The van der Waals surface area contributed by atoms with Crippen LogP contribution in [-0.2, 0) is 27.7 Å². The molecular weight excluding hydrogens is 389 g/mol. The molecule has 0 N–H and O–H groups in total. The Morgan fingerprint density at radius 3 is 2.69 bits per heavy atom. The number of sulfonamides is 1. The molecule has 2 heterocycles. The average molecular weight is 416 g/mol. The largest absolute Gasteiger partial charge is 0.377 e. The summed E-state index contributed by atoms with van der Waals surface area (Å²) < 4.78 is 47.8. The fourth-order valence-electron chi connectivity index (χ4n) is 4.09. The van der Waals surface area contributed by atoms with E-state index in [1.54, 1.807) is 6.07 Å². The molecule has 0 bridgehead atoms. The van der Waals surface area contributed by atoms with Gasteiger partial charge < -0.3 is 4.74 Å². The van der Waals surface area contributed by atoms with Crippen LogP contribution < -0.4 is 0 Å². The molecule has 29 heavy (non-hydrogen) atoms. The van der Waals surface area contributed by atoms with Gasteiger partial charge in [-0.15, -0.1) is 0 Å². The van der Waals surface area contributed by atoms with Crippen LogP contribution in [0.25, 0.3) is 0 Å². The standard InChI is InChI=1S/C23H26FNO3S/c24-22-16-19(15-18-10-13-28-14-11-18)8-9-21(22)17-25-12-4-7-23(29(25,26)27)20-5-2-1-3-6-20/h1-3,5-6,8-10,16,23H,4,7,11-15,17H2/t23-/m1/s1. The number of hydrogen-bond donors (Lipinski definition) is 0. The molecule has 1 fully saturated rings. The molecule has 1 saturated heterocycles. The topological polar surface area (TPSA) is 46.6 Å². The Morgan fingerprint density at radius 2 is 1.97 bits per heavy atom. The lowest BCUT2D eigenvalue weighted by atomic mass is 10.00. The summed E-state index contributed by atoms with van der Waals surface area (Å²) in [6.45, 7) is 1.83. The highest BCUT2D eigenvalue weighted by atomic mass is 32.2. The Bertz CT molecular complexity index is 988. The van der Waals surface area contributed by atoms with Gasteiger partial charge in [0.2, 0.25) is 10.0 Å². The molecule has 1 atom stereocenters. The van der Waals surface area contributed by atoms with E-state index in [9.17, 15) is 12.8 Å². The highest BCUT2D eigenvalue weighted by Crippen LogP contribution is 2.35. The van der Waals surface area contributed by atoms with Crippen LogP contribution >= 0.6 is 0 Å². The molecule has 0 unspecified atom stereocenters. The van der Waals surface area contributed by atoms with Gasteiger partial charge in [0.15, 0.2) is 0 Å². The van der Waals surface area contributed by atoms with Gasteiger partial charge in [0.05, 0.1) is 13.2 Å². The molecule has 0 aliphatic carbocycles. The fraction of sp³-hybridized carbons (Fsp3) is 0.391. The molecule has 4 rings (SSSR count). The molecule has 154 valence electrons. The second-order valence-corrected chi connectivity index (χ2v) is 9.83. The first-order valence-electron chi connectivity index (χ1n) is 10.1. The van der Waals surface area contributed by atoms with Crippen LogP contribution in [0.15, 0.2) is 60.2 Å². The van der Waals surface area contributed by atoms with E-state index in [0.717, 1.165) is 24.0 Å². The lowest BCUT2D eigenvalue weighted by Crippen LogP contribution is -2.39. The summed E-state index contributed by atoms with van der Waals surface area (Å²) in [5.74, 6) is -0.341. The molecule has 4 nitrogen and oxygen atoms in total. The lowest BCUT2D eigenvalue weighted by molar-refractivity contribution is 0.154. The van der Waals surface area contributed by atoms with Crippen LogP contribution in [0.4, 0.5) is 4.39 Å². The third kappa shape index (κ3) is 4.60. The summed E-state index contributed by atoms with van der Waals surface area (Å²) in [5, 5.41) is -0.555. The van der Waals surface area contributed by atoms with Crippen molar-refractivity contribution in [1.82, 2.24) is 4.31 Å². The minimum atomic E-state index is -3.52. The summed E-state index contributed by atoms with van der Waals surface area (Å²) in [5.41, 5.74) is 3.39. The molecule has 0 spiro atoms. The van der Waals surface area contributed by atoms with Gasteiger partial charge >= 0.3 is 0 Å². The maximum absolute atomic E-state index is 14.8. The molecule has 2 aromatic carbocycles. The van der Waals surface area contributed by atoms with Gasteiger partial charge in [0.1, 0.15) is 11.1 Å². The SMILES string of the molecule is O=S1(=O)[C@@H](c2ccccc2)CCCN1Cc1ccc(CC2=CCOCC2)cc1F. The summed E-state index contributed by atoms with van der Waals surface area (Å²) in [6, 6.07) is 14.5. The van der Waals surface area contributed by atoms with E-state index in [4.69, 9.17) is 4.74 Å². The van der Waals surface area contributed by atoms with E-state index in [2.05, 4.69) is 6.08 Å². The molecule has 0 saturated carbocycles. The normalized spacial score (nSPS) is 22.2. The first-order chi connectivity index (χ1) is 14.0. The summed E-state index contributed by atoms with van der Waals surface area (Å²) >= 11 is 0. The minimum Gasteiger partial charge on any atom is -0.377 e. The lowest BCUT2D eigenvalue weighted by Gasteiger charge is -2.32. The van der Waals surface area contributed by atoms with Crippen LogP contribution in [-0.4, -0.2) is 32.5 Å². The van der Waals surface area contributed by atoms with Crippen LogP contribution in [0.3, 0.4) is 0 Å². The van der Waals surface area contributed by atoms with Crippen LogP contribution in [0.2, 0.25) is 0 Å². The maximum atomic E-state index is 14.8. The van der Waals surface area contributed by atoms with Crippen LogP contribution in [0.5, 0.6) is 0 Å². The maximum Gasteiger partial charge on any atom is 0.221 e. The Morgan fingerprint density at radius 1 is 1.14 bits per heavy atom. The number of ether oxygens (including phenoxy) is 1. The van der Waals surface area contributed by atoms with Crippen molar-refractivity contribution in [2.24, 2.45) is 0 Å². The fourth-order valence-corrected chi connectivity index (χ4v) is 6.12. The molecule has 2 aliphatic rings. The van der Waals surface area contributed by atoms with Gasteiger partial charge in [0, 0.05) is 18.7 Å². The Kier molecular flexibility index (Phi) is 6.13. The second kappa shape index (κ2) is 8.78. The third-order valence-electron chi connectivity index (χ3n) is 5.72. The van der Waals surface area contributed by atoms with Gasteiger partial charge in [-0.2, -0.15) is 4.31 Å². The summed E-state index contributed by atoms with van der Waals surface area (Å²) in [6.07, 6.45) is 5.01. The highest BCUT2D eigenvalue weighted by molar-refractivity contribution is 7.89. The molecule has 6 heteroatoms. The first-order valence-corrected chi connectivity index (χ1v) is 11.6. The van der Waals surface area contributed by atoms with Crippen molar-refractivity contribution >= 4 is 10.0 Å². The van der Waals surface area contributed by atoms with Crippen molar-refractivity contribution in [2.45, 2.75) is 37.5 Å². The van der Waals surface area contributed by atoms with Crippen molar-refractivity contribution < 1.29 is 17.5 Å². The van der Waals surface area contributed by atoms with Gasteiger partial charge in [0.25, 0.3) is 0 Å². The summed E-state index contributed by atoms with van der Waals surface area (Å²) in [4.78, 5) is 0.